The first-order valence-corrected chi connectivity index (χ1v) is 7.41. The summed E-state index contributed by atoms with van der Waals surface area (Å²) in [4.78, 5) is 22.5. The summed E-state index contributed by atoms with van der Waals surface area (Å²) in [5.41, 5.74) is 2.82. The zero-order valence-corrected chi connectivity index (χ0v) is 11.6. The van der Waals surface area contributed by atoms with Crippen molar-refractivity contribution in [2.24, 2.45) is 5.84 Å². The van der Waals surface area contributed by atoms with E-state index in [1.807, 2.05) is 0 Å². The van der Waals surface area contributed by atoms with E-state index in [1.54, 1.807) is 11.8 Å². The molecule has 1 saturated heterocycles. The molecule has 1 aliphatic heterocycles. The molecule has 2 rings (SSSR count). The number of nitrogens with one attached hydrogen (secondary N) is 2. The van der Waals surface area contributed by atoms with Gasteiger partial charge in [0.15, 0.2) is 0 Å². The normalized spacial score (nSPS) is 18.4. The van der Waals surface area contributed by atoms with Crippen molar-refractivity contribution in [1.29, 1.82) is 0 Å². The number of nitrogen functional groups attached to an aromatic ring is 1. The maximum Gasteiger partial charge on any atom is 0.270 e. The standard InChI is InChI=1S/C12H16N4O3S/c13-15-11-4-3-9(16(18)19)6-10(11)12(17)14-8-2-1-5-20-7-8/h3-4,6,8,15H,1-2,5,7,13H2,(H,14,17). The second-order valence-corrected chi connectivity index (χ2v) is 5.67. The van der Waals surface area contributed by atoms with Crippen LogP contribution in [0, 0.1) is 10.1 Å². The van der Waals surface area contributed by atoms with Gasteiger partial charge >= 0.3 is 0 Å². The van der Waals surface area contributed by atoms with Gasteiger partial charge in [-0.05, 0) is 24.7 Å². The molecule has 4 N–H and O–H groups in total. The van der Waals surface area contributed by atoms with E-state index in [-0.39, 0.29) is 23.2 Å². The second kappa shape index (κ2) is 6.58. The first-order chi connectivity index (χ1) is 9.61. The van der Waals surface area contributed by atoms with Crippen molar-refractivity contribution in [2.75, 3.05) is 16.9 Å². The van der Waals surface area contributed by atoms with E-state index in [0.717, 1.165) is 24.3 Å². The Morgan fingerprint density at radius 1 is 1.50 bits per heavy atom. The van der Waals surface area contributed by atoms with Crippen LogP contribution in [0.15, 0.2) is 18.2 Å². The molecule has 1 fully saturated rings. The average molecular weight is 296 g/mol. The quantitative estimate of drug-likeness (QED) is 0.441. The number of nitrogens with two attached hydrogens (primary N) is 1. The maximum absolute atomic E-state index is 12.2. The number of thioether (sulfide) groups is 1. The third kappa shape index (κ3) is 3.40. The lowest BCUT2D eigenvalue weighted by Gasteiger charge is -2.22. The molecule has 0 aliphatic carbocycles. The van der Waals surface area contributed by atoms with Crippen LogP contribution in [0.2, 0.25) is 0 Å². The van der Waals surface area contributed by atoms with Crippen molar-refractivity contribution < 1.29 is 9.72 Å². The van der Waals surface area contributed by atoms with Crippen molar-refractivity contribution in [3.05, 3.63) is 33.9 Å². The summed E-state index contributed by atoms with van der Waals surface area (Å²) in [6.45, 7) is 0. The van der Waals surface area contributed by atoms with Gasteiger partial charge in [-0.3, -0.25) is 20.8 Å². The summed E-state index contributed by atoms with van der Waals surface area (Å²) < 4.78 is 0. The minimum Gasteiger partial charge on any atom is -0.348 e. The lowest BCUT2D eigenvalue weighted by atomic mass is 10.1. The number of hydrogen-bond acceptors (Lipinski definition) is 6. The molecule has 0 radical (unpaired) electrons. The van der Waals surface area contributed by atoms with Crippen LogP contribution in [0.1, 0.15) is 23.2 Å². The molecule has 8 heteroatoms. The van der Waals surface area contributed by atoms with Crippen molar-refractivity contribution in [3.63, 3.8) is 0 Å². The fraction of sp³-hybridized carbons (Fsp3) is 0.417. The molecule has 1 amide bonds. The number of hydrazine groups is 1. The van der Waals surface area contributed by atoms with Gasteiger partial charge < -0.3 is 10.7 Å². The lowest BCUT2D eigenvalue weighted by molar-refractivity contribution is -0.384. The highest BCUT2D eigenvalue weighted by molar-refractivity contribution is 7.99. The Balaban J connectivity index is 2.18. The maximum atomic E-state index is 12.2. The Hall–Kier alpha value is -1.80. The molecule has 1 aromatic carbocycles. The number of nitro benzene ring substituents is 1. The molecule has 0 bridgehead atoms. The van der Waals surface area contributed by atoms with Crippen molar-refractivity contribution in [1.82, 2.24) is 5.32 Å². The van der Waals surface area contributed by atoms with Gasteiger partial charge in [-0.2, -0.15) is 11.8 Å². The summed E-state index contributed by atoms with van der Waals surface area (Å²) in [7, 11) is 0. The Labute approximate surface area is 120 Å². The predicted molar refractivity (Wildman–Crippen MR) is 78.7 cm³/mol. The number of hydrogen-bond donors (Lipinski definition) is 3. The summed E-state index contributed by atoms with van der Waals surface area (Å²) in [5.74, 6) is 6.98. The topological polar surface area (TPSA) is 110 Å². The molecule has 0 aromatic heterocycles. The van der Waals surface area contributed by atoms with Crippen LogP contribution in [0.3, 0.4) is 0 Å². The van der Waals surface area contributed by atoms with Crippen LogP contribution in [0.25, 0.3) is 0 Å². The van der Waals surface area contributed by atoms with Gasteiger partial charge in [-0.25, -0.2) is 0 Å². The number of amides is 1. The SMILES string of the molecule is NNc1ccc([N+](=O)[O-])cc1C(=O)NC1CCCSC1. The predicted octanol–water partition coefficient (Wildman–Crippen LogP) is 1.51. The summed E-state index contributed by atoms with van der Waals surface area (Å²) >= 11 is 1.79. The number of carbonyl (C=O) groups is 1. The highest BCUT2D eigenvalue weighted by atomic mass is 32.2. The van der Waals surface area contributed by atoms with E-state index >= 15 is 0 Å². The number of anilines is 1. The molecule has 1 aliphatic rings. The number of nitro groups is 1. The van der Waals surface area contributed by atoms with E-state index in [9.17, 15) is 14.9 Å². The van der Waals surface area contributed by atoms with Crippen LogP contribution in [0.4, 0.5) is 11.4 Å². The van der Waals surface area contributed by atoms with Crippen molar-refractivity contribution >= 4 is 29.0 Å². The molecular weight excluding hydrogens is 280 g/mol. The molecule has 7 nitrogen and oxygen atoms in total. The summed E-state index contributed by atoms with van der Waals surface area (Å²) in [6, 6.07) is 4.08. The van der Waals surface area contributed by atoms with Gasteiger partial charge in [-0.15, -0.1) is 0 Å². The molecule has 0 saturated carbocycles. The minimum atomic E-state index is -0.534. The first kappa shape index (κ1) is 14.6. The molecule has 108 valence electrons. The van der Waals surface area contributed by atoms with Gasteiger partial charge in [0.1, 0.15) is 0 Å². The average Bonchev–Trinajstić information content (AvgIpc) is 2.47. The van der Waals surface area contributed by atoms with Crippen LogP contribution in [0.5, 0.6) is 0 Å². The molecular formula is C12H16N4O3S. The largest absolute Gasteiger partial charge is 0.348 e. The molecule has 0 spiro atoms. The van der Waals surface area contributed by atoms with Crippen LogP contribution in [-0.2, 0) is 0 Å². The number of benzene rings is 1. The Morgan fingerprint density at radius 2 is 2.30 bits per heavy atom. The van der Waals surface area contributed by atoms with E-state index in [2.05, 4.69) is 10.7 Å². The van der Waals surface area contributed by atoms with Gasteiger partial charge in [-0.1, -0.05) is 0 Å². The Bertz CT molecular complexity index is 517. The Kier molecular flexibility index (Phi) is 4.80. The lowest BCUT2D eigenvalue weighted by Crippen LogP contribution is -2.38. The molecule has 1 heterocycles. The highest BCUT2D eigenvalue weighted by Crippen LogP contribution is 2.23. The van der Waals surface area contributed by atoms with Crippen molar-refractivity contribution in [2.45, 2.75) is 18.9 Å². The van der Waals surface area contributed by atoms with Crippen molar-refractivity contribution in [3.8, 4) is 0 Å². The first-order valence-electron chi connectivity index (χ1n) is 6.25. The van der Waals surface area contributed by atoms with E-state index in [1.165, 1.54) is 18.2 Å². The number of nitrogens with zero attached hydrogens (tertiary/aromatic N) is 1. The van der Waals surface area contributed by atoms with Crippen LogP contribution < -0.4 is 16.6 Å². The smallest absolute Gasteiger partial charge is 0.270 e. The van der Waals surface area contributed by atoms with Gasteiger partial charge in [0.05, 0.1) is 16.2 Å². The third-order valence-corrected chi connectivity index (χ3v) is 4.33. The monoisotopic (exact) mass is 296 g/mol. The summed E-state index contributed by atoms with van der Waals surface area (Å²) in [6.07, 6.45) is 1.99. The van der Waals surface area contributed by atoms with Gasteiger partial charge in [0, 0.05) is 23.9 Å². The van der Waals surface area contributed by atoms with E-state index in [0.29, 0.717) is 5.69 Å². The van der Waals surface area contributed by atoms with Gasteiger partial charge in [0.25, 0.3) is 11.6 Å². The third-order valence-electron chi connectivity index (χ3n) is 3.11. The molecule has 1 unspecified atom stereocenters. The zero-order valence-electron chi connectivity index (χ0n) is 10.8. The fourth-order valence-electron chi connectivity index (χ4n) is 2.08. The highest BCUT2D eigenvalue weighted by Gasteiger charge is 2.20. The molecule has 1 atom stereocenters. The van der Waals surface area contributed by atoms with E-state index < -0.39 is 4.92 Å². The second-order valence-electron chi connectivity index (χ2n) is 4.52. The fourth-order valence-corrected chi connectivity index (χ4v) is 3.15. The Morgan fingerprint density at radius 3 is 2.90 bits per heavy atom. The van der Waals surface area contributed by atoms with Crippen LogP contribution >= 0.6 is 11.8 Å². The number of carbonyl (C=O) groups excluding carboxylic acids is 1. The number of non-ortho nitro benzene ring substituents is 1. The summed E-state index contributed by atoms with van der Waals surface area (Å²) in [5, 5.41) is 13.7. The number of rotatable bonds is 4. The van der Waals surface area contributed by atoms with E-state index in [4.69, 9.17) is 5.84 Å². The zero-order chi connectivity index (χ0) is 14.5. The van der Waals surface area contributed by atoms with Crippen LogP contribution in [-0.4, -0.2) is 28.4 Å². The molecule has 20 heavy (non-hydrogen) atoms. The van der Waals surface area contributed by atoms with Gasteiger partial charge in [0.2, 0.25) is 0 Å². The molecule has 1 aromatic rings. The minimum absolute atomic E-state index is 0.103.